The number of ether oxygens (including phenoxy) is 5. The van der Waals surface area contributed by atoms with Gasteiger partial charge in [-0.25, -0.2) is 14.4 Å². The Balaban J connectivity index is 1.90. The molecule has 0 aromatic heterocycles. The van der Waals surface area contributed by atoms with Crippen LogP contribution in [0.25, 0.3) is 0 Å². The Morgan fingerprint density at radius 3 is 1.77 bits per heavy atom. The van der Waals surface area contributed by atoms with E-state index in [-0.39, 0.29) is 17.7 Å². The zero-order valence-electron chi connectivity index (χ0n) is 21.4. The van der Waals surface area contributed by atoms with E-state index in [1.165, 1.54) is 57.7 Å². The summed E-state index contributed by atoms with van der Waals surface area (Å²) in [4.78, 5) is 51.2. The van der Waals surface area contributed by atoms with Crippen molar-refractivity contribution in [3.05, 3.63) is 89.5 Å². The average Bonchev–Trinajstić information content (AvgIpc) is 2.97. The molecule has 11 heteroatoms. The normalized spacial score (nSPS) is 11.9. The van der Waals surface area contributed by atoms with E-state index in [1.807, 2.05) is 0 Å². The van der Waals surface area contributed by atoms with Crippen LogP contribution < -0.4 is 19.5 Å². The molecule has 204 valence electrons. The van der Waals surface area contributed by atoms with E-state index in [0.717, 1.165) is 0 Å². The summed E-state index contributed by atoms with van der Waals surface area (Å²) in [5, 5.41) is 12.4. The molecular weight excluding hydrogens is 510 g/mol. The molecule has 3 aromatic rings. The van der Waals surface area contributed by atoms with Crippen molar-refractivity contribution in [2.45, 2.75) is 18.8 Å². The smallest absolute Gasteiger partial charge is 0.349 e. The van der Waals surface area contributed by atoms with Crippen molar-refractivity contribution in [3.8, 4) is 17.2 Å². The number of nitrogens with one attached hydrogen (secondary N) is 1. The summed E-state index contributed by atoms with van der Waals surface area (Å²) in [5.41, 5.74) is 0.527. The van der Waals surface area contributed by atoms with Crippen molar-refractivity contribution >= 4 is 23.8 Å². The Kier molecular flexibility index (Phi) is 9.85. The summed E-state index contributed by atoms with van der Waals surface area (Å²) < 4.78 is 26.0. The van der Waals surface area contributed by atoms with Crippen molar-refractivity contribution in [2.75, 3.05) is 21.3 Å². The van der Waals surface area contributed by atoms with Gasteiger partial charge in [0.25, 0.3) is 5.91 Å². The number of aliphatic carboxylic acids is 1. The standard InChI is InChI=1S/C28H27NO10/c1-35-20-11-6-9-17(14-20)27(33)38-23(25(30)29-16-19-8-4-5-13-22(19)37-3)24(26(31)32)39-28(34)18-10-7-12-21(15-18)36-2/h4-15,23-24H,16H2,1-3H3,(H,29,30)(H,31,32)/t23-,24-/m1/s1. The number of amides is 1. The van der Waals surface area contributed by atoms with Crippen molar-refractivity contribution < 1.29 is 48.0 Å². The Hall–Kier alpha value is -5.06. The third-order valence-corrected chi connectivity index (χ3v) is 5.50. The topological polar surface area (TPSA) is 147 Å². The molecule has 0 heterocycles. The molecule has 0 unspecified atom stereocenters. The minimum absolute atomic E-state index is 0.0138. The number of esters is 2. The van der Waals surface area contributed by atoms with Crippen LogP contribution >= 0.6 is 0 Å². The van der Waals surface area contributed by atoms with Gasteiger partial charge in [-0.2, -0.15) is 0 Å². The number of benzene rings is 3. The molecule has 2 atom stereocenters. The molecule has 0 fully saturated rings. The van der Waals surface area contributed by atoms with E-state index in [2.05, 4.69) is 5.32 Å². The molecule has 0 spiro atoms. The van der Waals surface area contributed by atoms with Crippen molar-refractivity contribution in [2.24, 2.45) is 0 Å². The second-order valence-electron chi connectivity index (χ2n) is 7.98. The Morgan fingerprint density at radius 1 is 0.718 bits per heavy atom. The van der Waals surface area contributed by atoms with E-state index in [4.69, 9.17) is 23.7 Å². The Morgan fingerprint density at radius 2 is 1.26 bits per heavy atom. The lowest BCUT2D eigenvalue weighted by Crippen LogP contribution is -2.50. The number of carboxylic acid groups (broad SMARTS) is 1. The molecule has 0 saturated carbocycles. The number of hydrogen-bond donors (Lipinski definition) is 2. The maximum absolute atomic E-state index is 13.2. The van der Waals surface area contributed by atoms with Gasteiger partial charge < -0.3 is 34.1 Å². The summed E-state index contributed by atoms with van der Waals surface area (Å²) in [5.74, 6) is -3.68. The maximum atomic E-state index is 13.2. The highest BCUT2D eigenvalue weighted by molar-refractivity contribution is 5.97. The number of para-hydroxylation sites is 1. The lowest BCUT2D eigenvalue weighted by atomic mass is 10.1. The van der Waals surface area contributed by atoms with Crippen LogP contribution in [0.15, 0.2) is 72.8 Å². The molecule has 1 amide bonds. The fourth-order valence-electron chi connectivity index (χ4n) is 3.49. The van der Waals surface area contributed by atoms with Crippen LogP contribution in [0, 0.1) is 0 Å². The first-order valence-electron chi connectivity index (χ1n) is 11.6. The molecule has 3 aromatic carbocycles. The summed E-state index contributed by atoms with van der Waals surface area (Å²) in [6.45, 7) is -0.0910. The minimum Gasteiger partial charge on any atom is -0.497 e. The lowest BCUT2D eigenvalue weighted by molar-refractivity contribution is -0.159. The molecule has 11 nitrogen and oxygen atoms in total. The van der Waals surface area contributed by atoms with Gasteiger partial charge >= 0.3 is 17.9 Å². The van der Waals surface area contributed by atoms with Crippen LogP contribution in [0.4, 0.5) is 0 Å². The summed E-state index contributed by atoms with van der Waals surface area (Å²) >= 11 is 0. The minimum atomic E-state index is -2.18. The Labute approximate surface area is 224 Å². The molecule has 2 N–H and O–H groups in total. The number of hydrogen-bond acceptors (Lipinski definition) is 9. The predicted molar refractivity (Wildman–Crippen MR) is 137 cm³/mol. The van der Waals surface area contributed by atoms with E-state index in [9.17, 15) is 24.3 Å². The van der Waals surface area contributed by atoms with Crippen molar-refractivity contribution in [1.29, 1.82) is 0 Å². The third-order valence-electron chi connectivity index (χ3n) is 5.50. The monoisotopic (exact) mass is 537 g/mol. The quantitative estimate of drug-likeness (QED) is 0.331. The zero-order chi connectivity index (χ0) is 28.4. The first-order valence-corrected chi connectivity index (χ1v) is 11.6. The highest BCUT2D eigenvalue weighted by Gasteiger charge is 2.41. The fourth-order valence-corrected chi connectivity index (χ4v) is 3.49. The fraction of sp³-hybridized carbons (Fsp3) is 0.214. The number of methoxy groups -OCH3 is 3. The predicted octanol–water partition coefficient (Wildman–Crippen LogP) is 2.86. The Bertz CT molecular complexity index is 1340. The highest BCUT2D eigenvalue weighted by atomic mass is 16.6. The molecule has 0 aliphatic carbocycles. The molecule has 39 heavy (non-hydrogen) atoms. The zero-order valence-corrected chi connectivity index (χ0v) is 21.4. The van der Waals surface area contributed by atoms with E-state index in [1.54, 1.807) is 36.4 Å². The van der Waals surface area contributed by atoms with Gasteiger partial charge in [-0.05, 0) is 42.5 Å². The first-order chi connectivity index (χ1) is 18.8. The SMILES string of the molecule is COc1cccc(C(=O)O[C@@H](C(=O)O)[C@@H](OC(=O)c2cccc(OC)c2)C(=O)NCc2ccccc2OC)c1. The van der Waals surface area contributed by atoms with Crippen LogP contribution in [0.3, 0.4) is 0 Å². The number of carbonyl (C=O) groups is 4. The van der Waals surface area contributed by atoms with Crippen LogP contribution in [0.5, 0.6) is 17.2 Å². The molecule has 3 rings (SSSR count). The summed E-state index contributed by atoms with van der Waals surface area (Å²) in [7, 11) is 4.25. The maximum Gasteiger partial charge on any atom is 0.349 e. The number of carboxylic acids is 1. The molecule has 0 aliphatic heterocycles. The van der Waals surface area contributed by atoms with Crippen LogP contribution in [0.1, 0.15) is 26.3 Å². The molecular formula is C28H27NO10. The van der Waals surface area contributed by atoms with E-state index in [0.29, 0.717) is 22.8 Å². The molecule has 0 saturated heterocycles. The van der Waals surface area contributed by atoms with E-state index >= 15 is 0 Å². The lowest BCUT2D eigenvalue weighted by Gasteiger charge is -2.24. The van der Waals surface area contributed by atoms with Crippen molar-refractivity contribution in [1.82, 2.24) is 5.32 Å². The van der Waals surface area contributed by atoms with Gasteiger partial charge in [0.05, 0.1) is 32.5 Å². The largest absolute Gasteiger partial charge is 0.497 e. The number of rotatable bonds is 12. The van der Waals surface area contributed by atoms with Gasteiger partial charge in [0.2, 0.25) is 12.2 Å². The van der Waals surface area contributed by atoms with Crippen molar-refractivity contribution in [3.63, 3.8) is 0 Å². The molecule has 0 aliphatic rings. The number of carbonyl (C=O) groups excluding carboxylic acids is 3. The third kappa shape index (κ3) is 7.48. The first kappa shape index (κ1) is 28.5. The van der Waals surface area contributed by atoms with Gasteiger partial charge in [-0.3, -0.25) is 4.79 Å². The second kappa shape index (κ2) is 13.5. The van der Waals surface area contributed by atoms with E-state index < -0.39 is 36.0 Å². The van der Waals surface area contributed by atoms with Crippen LogP contribution in [-0.4, -0.2) is 62.5 Å². The van der Waals surface area contributed by atoms with Gasteiger partial charge in [-0.1, -0.05) is 30.3 Å². The van der Waals surface area contributed by atoms with Gasteiger partial charge in [-0.15, -0.1) is 0 Å². The second-order valence-corrected chi connectivity index (χ2v) is 7.98. The average molecular weight is 538 g/mol. The van der Waals surface area contributed by atoms with Gasteiger partial charge in [0.1, 0.15) is 17.2 Å². The molecule has 0 radical (unpaired) electrons. The van der Waals surface area contributed by atoms with Crippen LogP contribution in [-0.2, 0) is 25.6 Å². The van der Waals surface area contributed by atoms with Crippen LogP contribution in [0.2, 0.25) is 0 Å². The molecule has 0 bridgehead atoms. The summed E-state index contributed by atoms with van der Waals surface area (Å²) in [6, 6.07) is 18.5. The highest BCUT2D eigenvalue weighted by Crippen LogP contribution is 2.20. The van der Waals surface area contributed by atoms with Gasteiger partial charge in [0.15, 0.2) is 0 Å². The van der Waals surface area contributed by atoms with Gasteiger partial charge in [0, 0.05) is 12.1 Å². The summed E-state index contributed by atoms with van der Waals surface area (Å²) in [6.07, 6.45) is -4.23.